The minimum absolute atomic E-state index is 0.334. The third kappa shape index (κ3) is 5.69. The summed E-state index contributed by atoms with van der Waals surface area (Å²) >= 11 is 7.43. The summed E-state index contributed by atoms with van der Waals surface area (Å²) in [6, 6.07) is 4.87. The quantitative estimate of drug-likeness (QED) is 0.546. The fourth-order valence-corrected chi connectivity index (χ4v) is 3.37. The molecule has 0 aliphatic heterocycles. The minimum Gasteiger partial charge on any atom is -0.310 e. The normalized spacial score (nSPS) is 15.0. The third-order valence-electron chi connectivity index (χ3n) is 4.36. The molecule has 0 fully saturated rings. The molecule has 120 valence electrons. The highest BCUT2D eigenvalue weighted by Gasteiger charge is 2.25. The van der Waals surface area contributed by atoms with Crippen molar-refractivity contribution in [3.8, 4) is 0 Å². The van der Waals surface area contributed by atoms with Crippen molar-refractivity contribution in [2.75, 3.05) is 6.54 Å². The zero-order valence-electron chi connectivity index (χ0n) is 14.2. The van der Waals surface area contributed by atoms with Crippen molar-refractivity contribution in [2.45, 2.75) is 60.4 Å². The van der Waals surface area contributed by atoms with Gasteiger partial charge in [-0.25, -0.2) is 0 Å². The molecular formula is C18H29Br2N. The average Bonchev–Trinajstić information content (AvgIpc) is 2.37. The second kappa shape index (κ2) is 8.12. The van der Waals surface area contributed by atoms with Gasteiger partial charge in [-0.15, -0.1) is 0 Å². The Hall–Kier alpha value is 0.140. The van der Waals surface area contributed by atoms with Gasteiger partial charge in [-0.2, -0.15) is 0 Å². The number of hydrogen-bond acceptors (Lipinski definition) is 1. The summed E-state index contributed by atoms with van der Waals surface area (Å²) in [5, 5.41) is 3.73. The van der Waals surface area contributed by atoms with E-state index in [1.165, 1.54) is 20.1 Å². The number of aryl methyl sites for hydroxylation is 1. The van der Waals surface area contributed by atoms with Gasteiger partial charge in [-0.05, 0) is 60.9 Å². The highest BCUT2D eigenvalue weighted by atomic mass is 79.9. The highest BCUT2D eigenvalue weighted by Crippen LogP contribution is 2.37. The average molecular weight is 419 g/mol. The second-order valence-electron chi connectivity index (χ2n) is 7.13. The van der Waals surface area contributed by atoms with Crippen molar-refractivity contribution < 1.29 is 0 Å². The molecule has 0 saturated carbocycles. The molecule has 2 atom stereocenters. The van der Waals surface area contributed by atoms with Crippen molar-refractivity contribution in [2.24, 2.45) is 11.3 Å². The SMILES string of the molecule is CCCNC(CC(C)C(C)(C)C)c1cc(Br)c(C)cc1Br. The van der Waals surface area contributed by atoms with Crippen molar-refractivity contribution in [1.29, 1.82) is 0 Å². The molecule has 1 rings (SSSR count). The Morgan fingerprint density at radius 3 is 2.29 bits per heavy atom. The van der Waals surface area contributed by atoms with Gasteiger partial charge in [0.2, 0.25) is 0 Å². The van der Waals surface area contributed by atoms with E-state index < -0.39 is 0 Å². The van der Waals surface area contributed by atoms with Crippen molar-refractivity contribution in [3.05, 3.63) is 32.2 Å². The lowest BCUT2D eigenvalue weighted by atomic mass is 9.77. The topological polar surface area (TPSA) is 12.0 Å². The monoisotopic (exact) mass is 417 g/mol. The van der Waals surface area contributed by atoms with E-state index in [-0.39, 0.29) is 0 Å². The van der Waals surface area contributed by atoms with Crippen molar-refractivity contribution >= 4 is 31.9 Å². The van der Waals surface area contributed by atoms with Crippen molar-refractivity contribution in [3.63, 3.8) is 0 Å². The van der Waals surface area contributed by atoms with E-state index >= 15 is 0 Å². The number of hydrogen-bond donors (Lipinski definition) is 1. The summed E-state index contributed by atoms with van der Waals surface area (Å²) in [5.74, 6) is 0.652. The Kier molecular flexibility index (Phi) is 7.42. The molecule has 0 aliphatic carbocycles. The van der Waals surface area contributed by atoms with Gasteiger partial charge >= 0.3 is 0 Å². The molecule has 0 bridgehead atoms. The van der Waals surface area contributed by atoms with Gasteiger partial charge in [0.1, 0.15) is 0 Å². The maximum atomic E-state index is 3.75. The van der Waals surface area contributed by atoms with Crippen LogP contribution < -0.4 is 5.32 Å². The molecule has 0 aromatic heterocycles. The van der Waals surface area contributed by atoms with Crippen LogP contribution in [0.1, 0.15) is 64.6 Å². The minimum atomic E-state index is 0.334. The van der Waals surface area contributed by atoms with Crippen LogP contribution >= 0.6 is 31.9 Å². The summed E-state index contributed by atoms with van der Waals surface area (Å²) in [7, 11) is 0. The second-order valence-corrected chi connectivity index (χ2v) is 8.84. The van der Waals surface area contributed by atoms with E-state index in [9.17, 15) is 0 Å². The molecule has 1 aromatic rings. The molecule has 0 aliphatic rings. The standard InChI is InChI=1S/C18H29Br2N/c1-7-8-21-17(10-13(3)18(4,5)6)14-11-15(19)12(2)9-16(14)20/h9,11,13,17,21H,7-8,10H2,1-6H3. The molecule has 1 N–H and O–H groups in total. The number of halogens is 2. The maximum absolute atomic E-state index is 3.75. The van der Waals surface area contributed by atoms with Gasteiger partial charge in [0.25, 0.3) is 0 Å². The number of nitrogens with one attached hydrogen (secondary N) is 1. The molecule has 0 saturated heterocycles. The van der Waals surface area contributed by atoms with Crippen LogP contribution in [0.4, 0.5) is 0 Å². The van der Waals surface area contributed by atoms with Gasteiger partial charge in [0.15, 0.2) is 0 Å². The largest absolute Gasteiger partial charge is 0.310 e. The first-order chi connectivity index (χ1) is 9.66. The highest BCUT2D eigenvalue weighted by molar-refractivity contribution is 9.11. The van der Waals surface area contributed by atoms with Gasteiger partial charge in [-0.1, -0.05) is 66.5 Å². The lowest BCUT2D eigenvalue weighted by Gasteiger charge is -2.32. The van der Waals surface area contributed by atoms with Crippen LogP contribution in [0, 0.1) is 18.3 Å². The summed E-state index contributed by atoms with van der Waals surface area (Å²) in [5.41, 5.74) is 2.96. The van der Waals surface area contributed by atoms with Crippen LogP contribution in [0.25, 0.3) is 0 Å². The lowest BCUT2D eigenvalue weighted by Crippen LogP contribution is -2.28. The molecular weight excluding hydrogens is 390 g/mol. The molecule has 21 heavy (non-hydrogen) atoms. The fraction of sp³-hybridized carbons (Fsp3) is 0.667. The summed E-state index contributed by atoms with van der Waals surface area (Å²) in [4.78, 5) is 0. The van der Waals surface area contributed by atoms with E-state index in [0.29, 0.717) is 17.4 Å². The zero-order valence-corrected chi connectivity index (χ0v) is 17.4. The van der Waals surface area contributed by atoms with Gasteiger partial charge in [0.05, 0.1) is 0 Å². The third-order valence-corrected chi connectivity index (χ3v) is 5.90. The molecule has 3 heteroatoms. The molecule has 0 heterocycles. The Bertz CT molecular complexity index is 463. The van der Waals surface area contributed by atoms with Crippen LogP contribution in [-0.4, -0.2) is 6.54 Å². The van der Waals surface area contributed by atoms with Crippen LogP contribution in [0.2, 0.25) is 0 Å². The lowest BCUT2D eigenvalue weighted by molar-refractivity contribution is 0.223. The number of benzene rings is 1. The van der Waals surface area contributed by atoms with Gasteiger partial charge < -0.3 is 5.32 Å². The molecule has 0 radical (unpaired) electrons. The summed E-state index contributed by atoms with van der Waals surface area (Å²) in [6.45, 7) is 14.7. The van der Waals surface area contributed by atoms with Gasteiger partial charge in [0, 0.05) is 15.0 Å². The summed E-state index contributed by atoms with van der Waals surface area (Å²) in [6.07, 6.45) is 2.31. The molecule has 0 spiro atoms. The number of rotatable bonds is 6. The van der Waals surface area contributed by atoms with Crippen LogP contribution in [0.3, 0.4) is 0 Å². The van der Waals surface area contributed by atoms with E-state index in [0.717, 1.165) is 19.4 Å². The fourth-order valence-electron chi connectivity index (χ4n) is 2.27. The Balaban J connectivity index is 3.05. The summed E-state index contributed by atoms with van der Waals surface area (Å²) < 4.78 is 2.39. The molecule has 2 unspecified atom stereocenters. The Morgan fingerprint density at radius 2 is 1.76 bits per heavy atom. The zero-order chi connectivity index (χ0) is 16.2. The van der Waals surface area contributed by atoms with E-state index in [2.05, 4.69) is 90.9 Å². The first kappa shape index (κ1) is 19.2. The van der Waals surface area contributed by atoms with Gasteiger partial charge in [-0.3, -0.25) is 0 Å². The molecule has 1 nitrogen and oxygen atoms in total. The van der Waals surface area contributed by atoms with Crippen LogP contribution in [-0.2, 0) is 0 Å². The Labute approximate surface area is 147 Å². The smallest absolute Gasteiger partial charge is 0.0334 e. The van der Waals surface area contributed by atoms with E-state index in [1.54, 1.807) is 0 Å². The molecule has 0 amide bonds. The van der Waals surface area contributed by atoms with E-state index in [1.807, 2.05) is 0 Å². The van der Waals surface area contributed by atoms with Crippen LogP contribution in [0.15, 0.2) is 21.1 Å². The molecule has 1 aromatic carbocycles. The first-order valence-corrected chi connectivity index (χ1v) is 9.44. The first-order valence-electron chi connectivity index (χ1n) is 7.85. The van der Waals surface area contributed by atoms with Crippen LogP contribution in [0.5, 0.6) is 0 Å². The maximum Gasteiger partial charge on any atom is 0.0334 e. The Morgan fingerprint density at radius 1 is 1.14 bits per heavy atom. The predicted octanol–water partition coefficient (Wildman–Crippen LogP) is 6.63. The predicted molar refractivity (Wildman–Crippen MR) is 101 cm³/mol. The van der Waals surface area contributed by atoms with Crippen molar-refractivity contribution in [1.82, 2.24) is 5.32 Å². The van der Waals surface area contributed by atoms with E-state index in [4.69, 9.17) is 0 Å².